The van der Waals surface area contributed by atoms with Gasteiger partial charge in [-0.05, 0) is 45.4 Å². The zero-order valence-electron chi connectivity index (χ0n) is 14.2. The Morgan fingerprint density at radius 1 is 1.24 bits per heavy atom. The van der Waals surface area contributed by atoms with Gasteiger partial charge in [-0.3, -0.25) is 4.98 Å². The van der Waals surface area contributed by atoms with Gasteiger partial charge in [0.15, 0.2) is 0 Å². The first-order valence-corrected chi connectivity index (χ1v) is 8.18. The molecule has 0 atom stereocenters. The Morgan fingerprint density at radius 2 is 1.95 bits per heavy atom. The summed E-state index contributed by atoms with van der Waals surface area (Å²) in [5.74, 6) is 1.03. The van der Waals surface area contributed by atoms with E-state index < -0.39 is 0 Å². The van der Waals surface area contributed by atoms with Crippen molar-refractivity contribution < 1.29 is 0 Å². The molecule has 2 rings (SSSR count). The van der Waals surface area contributed by atoms with Crippen molar-refractivity contribution >= 4 is 5.82 Å². The molecule has 2 heterocycles. The Morgan fingerprint density at radius 3 is 2.52 bits per heavy atom. The number of nitrogens with zero attached hydrogens (tertiary/aromatic N) is 3. The Hall–Kier alpha value is -1.16. The molecule has 1 aromatic heterocycles. The van der Waals surface area contributed by atoms with Gasteiger partial charge in [-0.1, -0.05) is 13.8 Å². The van der Waals surface area contributed by atoms with Crippen molar-refractivity contribution in [3.8, 4) is 0 Å². The molecule has 118 valence electrons. The van der Waals surface area contributed by atoms with Gasteiger partial charge in [-0.25, -0.2) is 4.98 Å². The maximum atomic E-state index is 4.79. The quantitative estimate of drug-likeness (QED) is 0.902. The van der Waals surface area contributed by atoms with Gasteiger partial charge >= 0.3 is 0 Å². The monoisotopic (exact) mass is 290 g/mol. The van der Waals surface area contributed by atoms with Gasteiger partial charge in [0.05, 0.1) is 11.9 Å². The topological polar surface area (TPSA) is 41.1 Å². The number of anilines is 1. The molecule has 1 aliphatic rings. The minimum absolute atomic E-state index is 0.102. The standard InChI is InChI=1S/C17H30N4/c1-6-17(7-2)8-9-21(13-17)15-12-18-10-14(20-15)11-19-16(3,4)5/h10,12,19H,6-9,11,13H2,1-5H3. The van der Waals surface area contributed by atoms with Crippen molar-refractivity contribution in [2.24, 2.45) is 5.41 Å². The molecule has 0 amide bonds. The van der Waals surface area contributed by atoms with Gasteiger partial charge in [-0.15, -0.1) is 0 Å². The highest BCUT2D eigenvalue weighted by Gasteiger charge is 2.35. The smallest absolute Gasteiger partial charge is 0.147 e. The molecule has 1 fully saturated rings. The van der Waals surface area contributed by atoms with Crippen molar-refractivity contribution in [2.75, 3.05) is 18.0 Å². The van der Waals surface area contributed by atoms with Crippen LogP contribution in [0.2, 0.25) is 0 Å². The van der Waals surface area contributed by atoms with Crippen molar-refractivity contribution in [2.45, 2.75) is 66.0 Å². The molecule has 0 spiro atoms. The van der Waals surface area contributed by atoms with Crippen LogP contribution in [-0.2, 0) is 6.54 Å². The minimum Gasteiger partial charge on any atom is -0.355 e. The second-order valence-corrected chi connectivity index (χ2v) is 7.35. The SMILES string of the molecule is CCC1(CC)CCN(c2cncc(CNC(C)(C)C)n2)C1. The normalized spacial score (nSPS) is 18.2. The molecular formula is C17H30N4. The Bertz CT molecular complexity index is 460. The van der Waals surface area contributed by atoms with E-state index in [0.717, 1.165) is 31.1 Å². The first-order chi connectivity index (χ1) is 9.87. The molecule has 1 aromatic rings. The second kappa shape index (κ2) is 6.30. The Labute approximate surface area is 129 Å². The van der Waals surface area contributed by atoms with Crippen LogP contribution >= 0.6 is 0 Å². The lowest BCUT2D eigenvalue weighted by Gasteiger charge is -2.26. The minimum atomic E-state index is 0.102. The number of hydrogen-bond acceptors (Lipinski definition) is 4. The highest BCUT2D eigenvalue weighted by atomic mass is 15.2. The predicted molar refractivity (Wildman–Crippen MR) is 88.5 cm³/mol. The van der Waals surface area contributed by atoms with Crippen molar-refractivity contribution in [1.82, 2.24) is 15.3 Å². The van der Waals surface area contributed by atoms with Crippen LogP contribution < -0.4 is 10.2 Å². The number of aromatic nitrogens is 2. The average molecular weight is 290 g/mol. The summed E-state index contributed by atoms with van der Waals surface area (Å²) < 4.78 is 0. The molecule has 1 aliphatic heterocycles. The van der Waals surface area contributed by atoms with E-state index in [2.05, 4.69) is 49.8 Å². The van der Waals surface area contributed by atoms with Crippen LogP contribution in [0, 0.1) is 5.41 Å². The third-order valence-corrected chi connectivity index (χ3v) is 4.73. The van der Waals surface area contributed by atoms with Gasteiger partial charge in [-0.2, -0.15) is 0 Å². The Balaban J connectivity index is 2.05. The first-order valence-electron chi connectivity index (χ1n) is 8.18. The molecule has 4 heteroatoms. The highest BCUT2D eigenvalue weighted by Crippen LogP contribution is 2.38. The zero-order valence-corrected chi connectivity index (χ0v) is 14.2. The van der Waals surface area contributed by atoms with E-state index in [1.165, 1.54) is 19.3 Å². The second-order valence-electron chi connectivity index (χ2n) is 7.35. The maximum absolute atomic E-state index is 4.79. The molecular weight excluding hydrogens is 260 g/mol. The predicted octanol–water partition coefficient (Wildman–Crippen LogP) is 3.38. The van der Waals surface area contributed by atoms with E-state index in [1.807, 2.05) is 12.4 Å². The molecule has 0 radical (unpaired) electrons. The summed E-state index contributed by atoms with van der Waals surface area (Å²) in [6, 6.07) is 0. The van der Waals surface area contributed by atoms with E-state index in [4.69, 9.17) is 4.98 Å². The fourth-order valence-electron chi connectivity index (χ4n) is 2.95. The summed E-state index contributed by atoms with van der Waals surface area (Å²) >= 11 is 0. The third kappa shape index (κ3) is 4.16. The molecule has 0 saturated carbocycles. The summed E-state index contributed by atoms with van der Waals surface area (Å²) in [6.45, 7) is 14.1. The van der Waals surface area contributed by atoms with Crippen LogP contribution in [0.1, 0.15) is 59.6 Å². The van der Waals surface area contributed by atoms with Crippen LogP contribution in [0.25, 0.3) is 0 Å². The molecule has 1 N–H and O–H groups in total. The molecule has 0 aliphatic carbocycles. The number of rotatable bonds is 5. The van der Waals surface area contributed by atoms with Crippen LogP contribution in [-0.4, -0.2) is 28.6 Å². The van der Waals surface area contributed by atoms with E-state index in [-0.39, 0.29) is 5.54 Å². The third-order valence-electron chi connectivity index (χ3n) is 4.73. The molecule has 0 bridgehead atoms. The Kier molecular flexibility index (Phi) is 4.87. The summed E-state index contributed by atoms with van der Waals surface area (Å²) in [6.07, 6.45) is 7.54. The number of nitrogens with one attached hydrogen (secondary N) is 1. The number of hydrogen-bond donors (Lipinski definition) is 1. The highest BCUT2D eigenvalue weighted by molar-refractivity contribution is 5.38. The maximum Gasteiger partial charge on any atom is 0.147 e. The van der Waals surface area contributed by atoms with Crippen molar-refractivity contribution in [1.29, 1.82) is 0 Å². The van der Waals surface area contributed by atoms with E-state index in [9.17, 15) is 0 Å². The van der Waals surface area contributed by atoms with Crippen molar-refractivity contribution in [3.63, 3.8) is 0 Å². The van der Waals surface area contributed by atoms with Crippen LogP contribution in [0.5, 0.6) is 0 Å². The van der Waals surface area contributed by atoms with Gasteiger partial charge in [0.2, 0.25) is 0 Å². The van der Waals surface area contributed by atoms with Gasteiger partial charge in [0.25, 0.3) is 0 Å². The first kappa shape index (κ1) is 16.2. The van der Waals surface area contributed by atoms with Crippen LogP contribution in [0.3, 0.4) is 0 Å². The lowest BCUT2D eigenvalue weighted by atomic mass is 9.82. The lowest BCUT2D eigenvalue weighted by molar-refractivity contribution is 0.301. The van der Waals surface area contributed by atoms with Crippen LogP contribution in [0.4, 0.5) is 5.82 Å². The van der Waals surface area contributed by atoms with Gasteiger partial charge < -0.3 is 10.2 Å². The molecule has 0 aromatic carbocycles. The fourth-order valence-corrected chi connectivity index (χ4v) is 2.95. The van der Waals surface area contributed by atoms with E-state index in [1.54, 1.807) is 0 Å². The lowest BCUT2D eigenvalue weighted by Crippen LogP contribution is -2.35. The molecule has 0 unspecified atom stereocenters. The summed E-state index contributed by atoms with van der Waals surface area (Å²) in [4.78, 5) is 11.6. The summed E-state index contributed by atoms with van der Waals surface area (Å²) in [5, 5.41) is 3.47. The largest absolute Gasteiger partial charge is 0.355 e. The molecule has 1 saturated heterocycles. The van der Waals surface area contributed by atoms with Gasteiger partial charge in [0, 0.05) is 31.4 Å². The van der Waals surface area contributed by atoms with Crippen molar-refractivity contribution in [3.05, 3.63) is 18.1 Å². The fraction of sp³-hybridized carbons (Fsp3) is 0.765. The van der Waals surface area contributed by atoms with Gasteiger partial charge in [0.1, 0.15) is 5.82 Å². The van der Waals surface area contributed by atoms with Crippen LogP contribution in [0.15, 0.2) is 12.4 Å². The summed E-state index contributed by atoms with van der Waals surface area (Å²) in [7, 11) is 0. The van der Waals surface area contributed by atoms with E-state index in [0.29, 0.717) is 5.41 Å². The molecule has 21 heavy (non-hydrogen) atoms. The molecule has 4 nitrogen and oxygen atoms in total. The average Bonchev–Trinajstić information content (AvgIpc) is 2.90. The summed E-state index contributed by atoms with van der Waals surface area (Å²) in [5.41, 5.74) is 1.60. The van der Waals surface area contributed by atoms with E-state index >= 15 is 0 Å². The zero-order chi connectivity index (χ0) is 15.5.